The van der Waals surface area contributed by atoms with E-state index in [1.807, 2.05) is 36.4 Å². The minimum Gasteiger partial charge on any atom is -0.493 e. The molecule has 224 valence electrons. The average Bonchev–Trinajstić information content (AvgIpc) is 2.95. The lowest BCUT2D eigenvalue weighted by Crippen LogP contribution is -2.17. The maximum atomic E-state index is 12.1. The molecule has 0 aliphatic rings. The molecular weight excluding hydrogens is 652 g/mol. The number of nitrogens with zero attached hydrogens (tertiary/aromatic N) is 2. The van der Waals surface area contributed by atoms with Crippen molar-refractivity contribution in [1.82, 2.24) is 10.9 Å². The molecule has 2 aromatic rings. The molecule has 0 spiro atoms. The zero-order valence-corrected chi connectivity index (χ0v) is 27.3. The van der Waals surface area contributed by atoms with Crippen LogP contribution in [0.2, 0.25) is 0 Å². The molecular formula is C31H42Br2N4O4. The Balaban J connectivity index is 1.59. The second-order valence-electron chi connectivity index (χ2n) is 9.62. The van der Waals surface area contributed by atoms with Crippen LogP contribution in [0.4, 0.5) is 0 Å². The number of carbonyl (C=O) groups excluding carboxylic acids is 2. The maximum absolute atomic E-state index is 12.1. The normalized spacial score (nSPS) is 11.2. The number of amides is 2. The van der Waals surface area contributed by atoms with Crippen molar-refractivity contribution in [3.05, 3.63) is 56.5 Å². The summed E-state index contributed by atoms with van der Waals surface area (Å²) >= 11 is 6.92. The third-order valence-corrected chi connectivity index (χ3v) is 7.03. The first-order chi connectivity index (χ1) is 19.9. The molecule has 0 saturated heterocycles. The zero-order chi connectivity index (χ0) is 29.7. The second-order valence-corrected chi connectivity index (χ2v) is 11.5. The van der Waals surface area contributed by atoms with Crippen LogP contribution in [0.3, 0.4) is 0 Å². The van der Waals surface area contributed by atoms with E-state index >= 15 is 0 Å². The molecule has 0 atom stereocenters. The van der Waals surface area contributed by atoms with Crippen molar-refractivity contribution in [2.75, 3.05) is 13.2 Å². The van der Waals surface area contributed by atoms with Crippen LogP contribution in [0.1, 0.15) is 95.6 Å². The number of hydrogen-bond acceptors (Lipinski definition) is 6. The minimum absolute atomic E-state index is 0.119. The molecule has 10 heteroatoms. The minimum atomic E-state index is -0.119. The van der Waals surface area contributed by atoms with Gasteiger partial charge in [0.25, 0.3) is 0 Å². The van der Waals surface area contributed by atoms with E-state index in [1.165, 1.54) is 0 Å². The summed E-state index contributed by atoms with van der Waals surface area (Å²) in [5.41, 5.74) is 6.80. The van der Waals surface area contributed by atoms with Crippen LogP contribution >= 0.6 is 31.9 Å². The van der Waals surface area contributed by atoms with Gasteiger partial charge in [0, 0.05) is 32.9 Å². The molecule has 41 heavy (non-hydrogen) atoms. The summed E-state index contributed by atoms with van der Waals surface area (Å²) in [6, 6.07) is 11.4. The first-order valence-electron chi connectivity index (χ1n) is 14.4. The Morgan fingerprint density at radius 2 is 1.10 bits per heavy atom. The Kier molecular flexibility index (Phi) is 17.7. The number of carbonyl (C=O) groups is 2. The fourth-order valence-corrected chi connectivity index (χ4v) is 4.47. The topological polar surface area (TPSA) is 101 Å². The third-order valence-electron chi connectivity index (χ3n) is 6.05. The van der Waals surface area contributed by atoms with Gasteiger partial charge < -0.3 is 9.47 Å². The van der Waals surface area contributed by atoms with E-state index in [4.69, 9.17) is 9.47 Å². The van der Waals surface area contributed by atoms with Crippen molar-refractivity contribution in [1.29, 1.82) is 0 Å². The zero-order valence-electron chi connectivity index (χ0n) is 24.1. The lowest BCUT2D eigenvalue weighted by Gasteiger charge is -2.09. The molecule has 0 unspecified atom stereocenters. The first-order valence-corrected chi connectivity index (χ1v) is 16.0. The van der Waals surface area contributed by atoms with Gasteiger partial charge in [-0.2, -0.15) is 10.2 Å². The second kappa shape index (κ2) is 21.1. The van der Waals surface area contributed by atoms with Crippen LogP contribution in [0.25, 0.3) is 0 Å². The van der Waals surface area contributed by atoms with Crippen LogP contribution in [0.15, 0.2) is 55.5 Å². The summed E-state index contributed by atoms with van der Waals surface area (Å²) < 4.78 is 13.5. The molecule has 0 aromatic heterocycles. The van der Waals surface area contributed by atoms with Gasteiger partial charge in [-0.1, -0.05) is 77.8 Å². The number of hydrogen-bond donors (Lipinski definition) is 2. The molecule has 0 saturated carbocycles. The Labute approximate surface area is 261 Å². The summed E-state index contributed by atoms with van der Waals surface area (Å²) in [5.74, 6) is 1.25. The van der Waals surface area contributed by atoms with Gasteiger partial charge in [0.15, 0.2) is 0 Å². The van der Waals surface area contributed by atoms with Crippen LogP contribution in [-0.2, 0) is 9.59 Å². The van der Waals surface area contributed by atoms with E-state index in [0.717, 1.165) is 89.4 Å². The number of unbranched alkanes of at least 4 members (excludes halogenated alkanes) is 6. The quantitative estimate of drug-likeness (QED) is 0.0836. The summed E-state index contributed by atoms with van der Waals surface area (Å²) in [7, 11) is 0. The molecule has 2 amide bonds. The molecule has 0 bridgehead atoms. The molecule has 8 nitrogen and oxygen atoms in total. The van der Waals surface area contributed by atoms with Gasteiger partial charge >= 0.3 is 0 Å². The number of rotatable bonds is 20. The Hall–Kier alpha value is -2.72. The summed E-state index contributed by atoms with van der Waals surface area (Å²) in [6.07, 6.45) is 12.5. The molecule has 0 fully saturated rings. The van der Waals surface area contributed by atoms with E-state index in [1.54, 1.807) is 12.4 Å². The number of benzene rings is 2. The summed E-state index contributed by atoms with van der Waals surface area (Å²) in [4.78, 5) is 24.3. The maximum Gasteiger partial charge on any atom is 0.240 e. The van der Waals surface area contributed by atoms with Gasteiger partial charge in [-0.15, -0.1) is 0 Å². The monoisotopic (exact) mass is 692 g/mol. The van der Waals surface area contributed by atoms with Gasteiger partial charge in [-0.05, 0) is 62.1 Å². The molecule has 2 rings (SSSR count). The van der Waals surface area contributed by atoms with E-state index in [0.29, 0.717) is 26.1 Å². The fraction of sp³-hybridized carbons (Fsp3) is 0.484. The van der Waals surface area contributed by atoms with Gasteiger partial charge in [0.2, 0.25) is 11.8 Å². The van der Waals surface area contributed by atoms with Crippen LogP contribution in [-0.4, -0.2) is 37.5 Å². The highest BCUT2D eigenvalue weighted by molar-refractivity contribution is 9.10. The van der Waals surface area contributed by atoms with Crippen molar-refractivity contribution < 1.29 is 19.1 Å². The van der Waals surface area contributed by atoms with E-state index < -0.39 is 0 Å². The highest BCUT2D eigenvalue weighted by atomic mass is 79.9. The Bertz CT molecular complexity index is 1050. The number of nitrogens with one attached hydrogen (secondary N) is 2. The smallest absolute Gasteiger partial charge is 0.240 e. The molecule has 2 aromatic carbocycles. The van der Waals surface area contributed by atoms with Crippen molar-refractivity contribution in [3.63, 3.8) is 0 Å². The highest BCUT2D eigenvalue weighted by Crippen LogP contribution is 2.23. The van der Waals surface area contributed by atoms with Gasteiger partial charge in [-0.25, -0.2) is 10.9 Å². The largest absolute Gasteiger partial charge is 0.493 e. The van der Waals surface area contributed by atoms with E-state index in [-0.39, 0.29) is 11.8 Å². The lowest BCUT2D eigenvalue weighted by molar-refractivity contribution is -0.121. The Morgan fingerprint density at radius 3 is 1.51 bits per heavy atom. The molecule has 0 aliphatic heterocycles. The fourth-order valence-electron chi connectivity index (χ4n) is 3.72. The van der Waals surface area contributed by atoms with Crippen molar-refractivity contribution >= 4 is 56.1 Å². The number of ether oxygens (including phenoxy) is 2. The van der Waals surface area contributed by atoms with Crippen LogP contribution < -0.4 is 20.3 Å². The lowest BCUT2D eigenvalue weighted by atomic mass is 10.1. The Morgan fingerprint density at radius 1 is 0.683 bits per heavy atom. The van der Waals surface area contributed by atoms with Gasteiger partial charge in [0.1, 0.15) is 11.5 Å². The average molecular weight is 695 g/mol. The molecule has 0 radical (unpaired) electrons. The number of halogens is 2. The molecule has 0 aliphatic carbocycles. The predicted molar refractivity (Wildman–Crippen MR) is 173 cm³/mol. The summed E-state index contributed by atoms with van der Waals surface area (Å²) in [5, 5.41) is 8.20. The van der Waals surface area contributed by atoms with E-state index in [9.17, 15) is 9.59 Å². The standard InChI is InChI=1S/C31H42Br2N4O4/c1-3-5-18-40-28-16-14-26(32)20-24(28)22-34-36-30(38)12-10-8-7-9-11-13-31(39)37-35-23-25-21-27(33)15-17-29(25)41-19-6-4-2/h14-17,20-23H,3-13,18-19H2,1-2H3,(H,36,38)(H,37,39)/b34-22+,35-23+. The SMILES string of the molecule is CCCCOc1ccc(Br)cc1/C=N/NC(=O)CCCCCCCC(=O)N/N=C/c1cc(Br)ccc1OCCCC. The van der Waals surface area contributed by atoms with E-state index in [2.05, 4.69) is 66.8 Å². The van der Waals surface area contributed by atoms with Crippen LogP contribution in [0, 0.1) is 0 Å². The van der Waals surface area contributed by atoms with Crippen molar-refractivity contribution in [2.45, 2.75) is 84.5 Å². The highest BCUT2D eigenvalue weighted by Gasteiger charge is 2.06. The molecule has 0 heterocycles. The molecule has 2 N–H and O–H groups in total. The van der Waals surface area contributed by atoms with Gasteiger partial charge in [-0.3, -0.25) is 9.59 Å². The van der Waals surface area contributed by atoms with Crippen molar-refractivity contribution in [3.8, 4) is 11.5 Å². The summed E-state index contributed by atoms with van der Waals surface area (Å²) in [6.45, 7) is 5.52. The van der Waals surface area contributed by atoms with Gasteiger partial charge in [0.05, 0.1) is 25.6 Å². The first kappa shape index (κ1) is 34.5. The number of hydrazone groups is 2. The van der Waals surface area contributed by atoms with Crippen molar-refractivity contribution in [2.24, 2.45) is 10.2 Å². The predicted octanol–water partition coefficient (Wildman–Crippen LogP) is 7.90. The van der Waals surface area contributed by atoms with Crippen LogP contribution in [0.5, 0.6) is 11.5 Å². The third kappa shape index (κ3) is 15.2.